The second-order valence-electron chi connectivity index (χ2n) is 3.64. The molecule has 0 aliphatic heterocycles. The summed E-state index contributed by atoms with van der Waals surface area (Å²) in [6.07, 6.45) is -3.27. The number of carbonyl (C=O) groups is 1. The summed E-state index contributed by atoms with van der Waals surface area (Å²) in [6.45, 7) is 2.29. The minimum Gasteiger partial charge on any atom is -0.378 e. The van der Waals surface area contributed by atoms with Gasteiger partial charge in [0, 0.05) is 12.6 Å². The van der Waals surface area contributed by atoms with Crippen molar-refractivity contribution in [1.29, 1.82) is 0 Å². The predicted octanol–water partition coefficient (Wildman–Crippen LogP) is 1.57. The second kappa shape index (κ2) is 4.99. The van der Waals surface area contributed by atoms with Crippen LogP contribution in [0.5, 0.6) is 0 Å². The van der Waals surface area contributed by atoms with Crippen LogP contribution >= 0.6 is 0 Å². The first-order valence-electron chi connectivity index (χ1n) is 4.96. The third-order valence-corrected chi connectivity index (χ3v) is 2.41. The van der Waals surface area contributed by atoms with Crippen LogP contribution in [0.25, 0.3) is 0 Å². The number of alkyl halides is 4. The molecule has 1 saturated carbocycles. The lowest BCUT2D eigenvalue weighted by atomic mass is 9.89. The molecule has 0 aromatic carbocycles. The number of ether oxygens (including phenoxy) is 1. The van der Waals surface area contributed by atoms with Crippen molar-refractivity contribution in [2.75, 3.05) is 6.61 Å². The van der Waals surface area contributed by atoms with Crippen LogP contribution in [-0.2, 0) is 9.53 Å². The second-order valence-corrected chi connectivity index (χ2v) is 3.64. The summed E-state index contributed by atoms with van der Waals surface area (Å²) >= 11 is 0. The van der Waals surface area contributed by atoms with E-state index < -0.39 is 24.3 Å². The summed E-state index contributed by atoms with van der Waals surface area (Å²) in [5.74, 6) is -6.53. The summed E-state index contributed by atoms with van der Waals surface area (Å²) in [6, 6.07) is -0.492. The van der Waals surface area contributed by atoms with Crippen LogP contribution in [0.2, 0.25) is 0 Å². The fourth-order valence-corrected chi connectivity index (χ4v) is 1.44. The van der Waals surface area contributed by atoms with Gasteiger partial charge < -0.3 is 10.1 Å². The van der Waals surface area contributed by atoms with Gasteiger partial charge in [-0.15, -0.1) is 0 Å². The van der Waals surface area contributed by atoms with Crippen molar-refractivity contribution in [1.82, 2.24) is 5.32 Å². The van der Waals surface area contributed by atoms with Gasteiger partial charge in [0.1, 0.15) is 0 Å². The van der Waals surface area contributed by atoms with Gasteiger partial charge in [0.2, 0.25) is 0 Å². The normalized spacial score (nSPS) is 25.4. The maximum absolute atomic E-state index is 12.5. The molecule has 0 atom stereocenters. The molecule has 0 aromatic heterocycles. The molecule has 1 fully saturated rings. The SMILES string of the molecule is CCOC1CC(NC(=O)C(F)(F)C(F)F)C1. The third kappa shape index (κ3) is 2.84. The first kappa shape index (κ1) is 13.2. The number of hydrogen-bond acceptors (Lipinski definition) is 2. The highest BCUT2D eigenvalue weighted by Gasteiger charge is 2.50. The Bertz CT molecular complexity index is 254. The van der Waals surface area contributed by atoms with Gasteiger partial charge in [-0.05, 0) is 19.8 Å². The number of halogens is 4. The zero-order valence-corrected chi connectivity index (χ0v) is 8.68. The van der Waals surface area contributed by atoms with E-state index in [2.05, 4.69) is 0 Å². The summed E-state index contributed by atoms with van der Waals surface area (Å²) in [5, 5.41) is 1.88. The van der Waals surface area contributed by atoms with E-state index in [-0.39, 0.29) is 6.10 Å². The Morgan fingerprint density at radius 1 is 1.50 bits per heavy atom. The van der Waals surface area contributed by atoms with Crippen molar-refractivity contribution in [2.24, 2.45) is 0 Å². The molecule has 1 amide bonds. The van der Waals surface area contributed by atoms with Crippen molar-refractivity contribution in [3.05, 3.63) is 0 Å². The van der Waals surface area contributed by atoms with Crippen LogP contribution in [0.1, 0.15) is 19.8 Å². The summed E-state index contributed by atoms with van der Waals surface area (Å²) < 4.78 is 53.8. The molecule has 0 unspecified atom stereocenters. The molecule has 1 N–H and O–H groups in total. The molecule has 3 nitrogen and oxygen atoms in total. The van der Waals surface area contributed by atoms with E-state index in [1.165, 1.54) is 0 Å². The van der Waals surface area contributed by atoms with Gasteiger partial charge in [-0.3, -0.25) is 4.79 Å². The Morgan fingerprint density at radius 3 is 2.50 bits per heavy atom. The first-order valence-corrected chi connectivity index (χ1v) is 4.96. The molecule has 0 aromatic rings. The zero-order chi connectivity index (χ0) is 12.3. The van der Waals surface area contributed by atoms with E-state index in [0.717, 1.165) is 0 Å². The van der Waals surface area contributed by atoms with Gasteiger partial charge in [0.25, 0.3) is 5.91 Å². The van der Waals surface area contributed by atoms with Crippen molar-refractivity contribution in [3.8, 4) is 0 Å². The highest BCUT2D eigenvalue weighted by atomic mass is 19.3. The van der Waals surface area contributed by atoms with Crippen molar-refractivity contribution < 1.29 is 27.1 Å². The molecule has 0 radical (unpaired) electrons. The molecular formula is C9H13F4NO2. The average molecular weight is 243 g/mol. The van der Waals surface area contributed by atoms with Crippen LogP contribution in [0.15, 0.2) is 0 Å². The van der Waals surface area contributed by atoms with Crippen LogP contribution < -0.4 is 5.32 Å². The van der Waals surface area contributed by atoms with Crippen molar-refractivity contribution >= 4 is 5.91 Å². The van der Waals surface area contributed by atoms with Gasteiger partial charge in [-0.1, -0.05) is 0 Å². The standard InChI is InChI=1S/C9H13F4NO2/c1-2-16-6-3-5(4-6)14-8(15)9(12,13)7(10)11/h5-7H,2-4H2,1H3,(H,14,15). The fraction of sp³-hybridized carbons (Fsp3) is 0.889. The summed E-state index contributed by atoms with van der Waals surface area (Å²) in [5.41, 5.74) is 0. The monoisotopic (exact) mass is 243 g/mol. The Labute approximate surface area is 90.1 Å². The minimum absolute atomic E-state index is 0.0736. The number of hydrogen-bond donors (Lipinski definition) is 1. The van der Waals surface area contributed by atoms with E-state index >= 15 is 0 Å². The van der Waals surface area contributed by atoms with E-state index in [0.29, 0.717) is 19.4 Å². The zero-order valence-electron chi connectivity index (χ0n) is 8.68. The van der Waals surface area contributed by atoms with Crippen molar-refractivity contribution in [3.63, 3.8) is 0 Å². The molecule has 1 aliphatic rings. The molecule has 94 valence electrons. The summed E-state index contributed by atoms with van der Waals surface area (Å²) in [7, 11) is 0. The molecule has 0 spiro atoms. The van der Waals surface area contributed by atoms with E-state index in [9.17, 15) is 22.4 Å². The van der Waals surface area contributed by atoms with Gasteiger partial charge in [-0.25, -0.2) is 8.78 Å². The lowest BCUT2D eigenvalue weighted by molar-refractivity contribution is -0.171. The third-order valence-electron chi connectivity index (χ3n) is 2.41. The van der Waals surface area contributed by atoms with E-state index in [1.54, 1.807) is 6.92 Å². The van der Waals surface area contributed by atoms with Crippen molar-refractivity contribution in [2.45, 2.75) is 44.3 Å². The number of nitrogens with one attached hydrogen (secondary N) is 1. The smallest absolute Gasteiger partial charge is 0.378 e. The number of rotatable bonds is 5. The molecule has 0 heterocycles. The molecule has 16 heavy (non-hydrogen) atoms. The van der Waals surface area contributed by atoms with Crippen LogP contribution in [-0.4, -0.2) is 37.0 Å². The van der Waals surface area contributed by atoms with Gasteiger partial charge in [-0.2, -0.15) is 8.78 Å². The van der Waals surface area contributed by atoms with E-state index in [4.69, 9.17) is 4.74 Å². The molecule has 1 aliphatic carbocycles. The lowest BCUT2D eigenvalue weighted by Crippen LogP contribution is -2.54. The maximum atomic E-state index is 12.5. The Kier molecular flexibility index (Phi) is 4.12. The highest BCUT2D eigenvalue weighted by Crippen LogP contribution is 2.27. The Hall–Kier alpha value is -0.850. The molecule has 1 rings (SSSR count). The molecule has 7 heteroatoms. The highest BCUT2D eigenvalue weighted by molar-refractivity contribution is 5.84. The van der Waals surface area contributed by atoms with Crippen LogP contribution in [0, 0.1) is 0 Å². The first-order chi connectivity index (χ1) is 7.37. The largest absolute Gasteiger partial charge is 0.383 e. The fourth-order valence-electron chi connectivity index (χ4n) is 1.44. The van der Waals surface area contributed by atoms with Crippen LogP contribution in [0.4, 0.5) is 17.6 Å². The molecule has 0 bridgehead atoms. The quantitative estimate of drug-likeness (QED) is 0.744. The average Bonchev–Trinajstić information content (AvgIpc) is 2.14. The lowest BCUT2D eigenvalue weighted by Gasteiger charge is -2.35. The Balaban J connectivity index is 2.32. The van der Waals surface area contributed by atoms with Gasteiger partial charge in [0.05, 0.1) is 6.10 Å². The topological polar surface area (TPSA) is 38.3 Å². The molecule has 0 saturated heterocycles. The summed E-state index contributed by atoms with van der Waals surface area (Å²) in [4.78, 5) is 10.8. The Morgan fingerprint density at radius 2 is 2.06 bits per heavy atom. The van der Waals surface area contributed by atoms with Crippen LogP contribution in [0.3, 0.4) is 0 Å². The number of carbonyl (C=O) groups excluding carboxylic acids is 1. The van der Waals surface area contributed by atoms with Gasteiger partial charge in [0.15, 0.2) is 0 Å². The number of amides is 1. The minimum atomic E-state index is -4.61. The van der Waals surface area contributed by atoms with Gasteiger partial charge >= 0.3 is 12.3 Å². The molecular weight excluding hydrogens is 230 g/mol. The maximum Gasteiger partial charge on any atom is 0.383 e. The van der Waals surface area contributed by atoms with E-state index in [1.807, 2.05) is 5.32 Å². The predicted molar refractivity (Wildman–Crippen MR) is 47.5 cm³/mol.